The lowest BCUT2D eigenvalue weighted by molar-refractivity contribution is 0.102. The highest BCUT2D eigenvalue weighted by Crippen LogP contribution is 2.14. The molecule has 0 aliphatic heterocycles. The SMILES string of the molecule is Cc1cc(NC(=O)c2ncccc2Br)n[nH]1. The van der Waals surface area contributed by atoms with Crippen molar-refractivity contribution in [3.63, 3.8) is 0 Å². The number of H-pyrrole nitrogens is 1. The Morgan fingerprint density at radius 3 is 3.00 bits per heavy atom. The average Bonchev–Trinajstić information content (AvgIpc) is 2.64. The Kier molecular flexibility index (Phi) is 3.00. The van der Waals surface area contributed by atoms with E-state index >= 15 is 0 Å². The van der Waals surface area contributed by atoms with Gasteiger partial charge in [0.05, 0.1) is 0 Å². The van der Waals surface area contributed by atoms with Crippen molar-refractivity contribution in [3.8, 4) is 0 Å². The minimum absolute atomic E-state index is 0.293. The van der Waals surface area contributed by atoms with E-state index in [1.165, 1.54) is 0 Å². The van der Waals surface area contributed by atoms with Crippen molar-refractivity contribution in [2.24, 2.45) is 0 Å². The summed E-state index contributed by atoms with van der Waals surface area (Å²) in [6.45, 7) is 1.86. The van der Waals surface area contributed by atoms with E-state index < -0.39 is 0 Å². The van der Waals surface area contributed by atoms with Crippen molar-refractivity contribution in [2.75, 3.05) is 5.32 Å². The van der Waals surface area contributed by atoms with Gasteiger partial charge in [0.2, 0.25) is 0 Å². The number of carbonyl (C=O) groups excluding carboxylic acids is 1. The summed E-state index contributed by atoms with van der Waals surface area (Å²) in [4.78, 5) is 15.8. The standard InChI is InChI=1S/C10H9BrN4O/c1-6-5-8(15-14-6)13-10(16)9-7(11)3-2-4-12-9/h2-5H,1H3,(H2,13,14,15,16). The number of nitrogens with zero attached hydrogens (tertiary/aromatic N) is 2. The molecular weight excluding hydrogens is 272 g/mol. The summed E-state index contributed by atoms with van der Waals surface area (Å²) >= 11 is 3.26. The molecule has 2 rings (SSSR count). The van der Waals surface area contributed by atoms with Crippen molar-refractivity contribution in [1.29, 1.82) is 0 Å². The lowest BCUT2D eigenvalue weighted by Crippen LogP contribution is -2.14. The van der Waals surface area contributed by atoms with E-state index in [1.54, 1.807) is 24.4 Å². The third kappa shape index (κ3) is 2.27. The fraction of sp³-hybridized carbons (Fsp3) is 0.100. The second-order valence-electron chi connectivity index (χ2n) is 3.22. The summed E-state index contributed by atoms with van der Waals surface area (Å²) in [5.41, 5.74) is 1.22. The maximum Gasteiger partial charge on any atom is 0.276 e. The highest BCUT2D eigenvalue weighted by Gasteiger charge is 2.12. The van der Waals surface area contributed by atoms with Crippen LogP contribution in [0, 0.1) is 6.92 Å². The number of amides is 1. The second-order valence-corrected chi connectivity index (χ2v) is 4.08. The van der Waals surface area contributed by atoms with Crippen LogP contribution in [-0.2, 0) is 0 Å². The van der Waals surface area contributed by atoms with Gasteiger partial charge in [0.15, 0.2) is 5.82 Å². The highest BCUT2D eigenvalue weighted by atomic mass is 79.9. The van der Waals surface area contributed by atoms with Crippen LogP contribution in [0.3, 0.4) is 0 Å². The molecule has 0 aromatic carbocycles. The molecule has 0 saturated carbocycles. The van der Waals surface area contributed by atoms with Gasteiger partial charge in [0.25, 0.3) is 5.91 Å². The zero-order valence-corrected chi connectivity index (χ0v) is 10.1. The van der Waals surface area contributed by atoms with Crippen LogP contribution < -0.4 is 5.32 Å². The van der Waals surface area contributed by atoms with Crippen molar-refractivity contribution in [2.45, 2.75) is 6.92 Å². The third-order valence-corrected chi connectivity index (χ3v) is 2.56. The number of aryl methyl sites for hydroxylation is 1. The van der Waals surface area contributed by atoms with Crippen LogP contribution in [0.2, 0.25) is 0 Å². The van der Waals surface area contributed by atoms with Gasteiger partial charge in [0, 0.05) is 22.4 Å². The largest absolute Gasteiger partial charge is 0.304 e. The van der Waals surface area contributed by atoms with E-state index in [0.29, 0.717) is 16.0 Å². The Balaban J connectivity index is 2.18. The molecule has 0 bridgehead atoms. The molecule has 0 aliphatic rings. The summed E-state index contributed by atoms with van der Waals surface area (Å²) in [6.07, 6.45) is 1.56. The molecule has 0 unspecified atom stereocenters. The molecule has 0 fully saturated rings. The average molecular weight is 281 g/mol. The number of carbonyl (C=O) groups is 1. The van der Waals surface area contributed by atoms with Crippen LogP contribution in [0.4, 0.5) is 5.82 Å². The third-order valence-electron chi connectivity index (χ3n) is 1.92. The van der Waals surface area contributed by atoms with Gasteiger partial charge in [-0.2, -0.15) is 5.10 Å². The van der Waals surface area contributed by atoms with Gasteiger partial charge < -0.3 is 5.32 Å². The van der Waals surface area contributed by atoms with Crippen molar-refractivity contribution in [3.05, 3.63) is 40.3 Å². The predicted molar refractivity (Wildman–Crippen MR) is 63.2 cm³/mol. The van der Waals surface area contributed by atoms with Gasteiger partial charge in [-0.1, -0.05) is 0 Å². The number of pyridine rings is 1. The molecule has 2 aromatic rings. The first-order chi connectivity index (χ1) is 7.66. The van der Waals surface area contributed by atoms with E-state index in [4.69, 9.17) is 0 Å². The van der Waals surface area contributed by atoms with E-state index in [2.05, 4.69) is 36.4 Å². The normalized spacial score (nSPS) is 10.1. The first-order valence-electron chi connectivity index (χ1n) is 4.60. The molecule has 0 radical (unpaired) electrons. The molecule has 0 spiro atoms. The first kappa shape index (κ1) is 10.8. The molecule has 0 aliphatic carbocycles. The monoisotopic (exact) mass is 280 g/mol. The lowest BCUT2D eigenvalue weighted by atomic mass is 10.3. The van der Waals surface area contributed by atoms with Crippen LogP contribution in [0.1, 0.15) is 16.2 Å². The number of anilines is 1. The molecule has 2 heterocycles. The molecule has 16 heavy (non-hydrogen) atoms. The summed E-state index contributed by atoms with van der Waals surface area (Å²) in [5.74, 6) is 0.194. The van der Waals surface area contributed by atoms with E-state index in [0.717, 1.165) is 5.69 Å². The fourth-order valence-corrected chi connectivity index (χ4v) is 1.65. The zero-order chi connectivity index (χ0) is 11.5. The summed E-state index contributed by atoms with van der Waals surface area (Å²) in [6, 6.07) is 5.26. The smallest absolute Gasteiger partial charge is 0.276 e. The van der Waals surface area contributed by atoms with E-state index in [9.17, 15) is 4.79 Å². The van der Waals surface area contributed by atoms with E-state index in [1.807, 2.05) is 6.92 Å². The molecule has 82 valence electrons. The summed E-state index contributed by atoms with van der Waals surface area (Å²) < 4.78 is 0.653. The molecule has 1 amide bonds. The molecule has 0 saturated heterocycles. The number of hydrogen-bond acceptors (Lipinski definition) is 3. The maximum absolute atomic E-state index is 11.8. The minimum Gasteiger partial charge on any atom is -0.304 e. The predicted octanol–water partition coefficient (Wildman–Crippen LogP) is 2.13. The lowest BCUT2D eigenvalue weighted by Gasteiger charge is -2.02. The number of hydrogen-bond donors (Lipinski definition) is 2. The van der Waals surface area contributed by atoms with Crippen molar-refractivity contribution < 1.29 is 4.79 Å². The van der Waals surface area contributed by atoms with Gasteiger partial charge >= 0.3 is 0 Å². The summed E-state index contributed by atoms with van der Waals surface area (Å²) in [7, 11) is 0. The van der Waals surface area contributed by atoms with Gasteiger partial charge in [0.1, 0.15) is 5.69 Å². The Bertz CT molecular complexity index is 523. The van der Waals surface area contributed by atoms with Crippen LogP contribution in [0.25, 0.3) is 0 Å². The number of aromatic amines is 1. The Morgan fingerprint density at radius 2 is 2.38 bits per heavy atom. The Labute approximate surface area is 100 Å². The Morgan fingerprint density at radius 1 is 1.56 bits per heavy atom. The second kappa shape index (κ2) is 4.44. The first-order valence-corrected chi connectivity index (χ1v) is 5.40. The maximum atomic E-state index is 11.8. The summed E-state index contributed by atoms with van der Waals surface area (Å²) in [5, 5.41) is 9.30. The fourth-order valence-electron chi connectivity index (χ4n) is 1.21. The molecule has 2 aromatic heterocycles. The highest BCUT2D eigenvalue weighted by molar-refractivity contribution is 9.10. The zero-order valence-electron chi connectivity index (χ0n) is 8.49. The molecule has 2 N–H and O–H groups in total. The number of aromatic nitrogens is 3. The minimum atomic E-state index is -0.293. The molecule has 5 nitrogen and oxygen atoms in total. The molecular formula is C10H9BrN4O. The van der Waals surface area contributed by atoms with Crippen molar-refractivity contribution in [1.82, 2.24) is 15.2 Å². The van der Waals surface area contributed by atoms with Gasteiger partial charge in [-0.05, 0) is 35.0 Å². The number of halogens is 1. The number of rotatable bonds is 2. The van der Waals surface area contributed by atoms with Crippen LogP contribution >= 0.6 is 15.9 Å². The quantitative estimate of drug-likeness (QED) is 0.885. The van der Waals surface area contributed by atoms with E-state index in [-0.39, 0.29) is 5.91 Å². The van der Waals surface area contributed by atoms with Crippen LogP contribution in [0.5, 0.6) is 0 Å². The topological polar surface area (TPSA) is 70.7 Å². The van der Waals surface area contributed by atoms with Gasteiger partial charge in [-0.25, -0.2) is 4.98 Å². The van der Waals surface area contributed by atoms with Gasteiger partial charge in [-0.3, -0.25) is 9.89 Å². The van der Waals surface area contributed by atoms with Gasteiger partial charge in [-0.15, -0.1) is 0 Å². The van der Waals surface area contributed by atoms with Crippen LogP contribution in [-0.4, -0.2) is 21.1 Å². The number of nitrogens with one attached hydrogen (secondary N) is 2. The Hall–Kier alpha value is -1.69. The molecule has 0 atom stereocenters. The molecule has 6 heteroatoms. The van der Waals surface area contributed by atoms with Crippen molar-refractivity contribution >= 4 is 27.7 Å². The van der Waals surface area contributed by atoms with Crippen LogP contribution in [0.15, 0.2) is 28.9 Å².